The van der Waals surface area contributed by atoms with Crippen molar-refractivity contribution in [2.75, 3.05) is 0 Å². The highest BCUT2D eigenvalue weighted by Gasteiger charge is 2.09. The van der Waals surface area contributed by atoms with E-state index in [0.717, 1.165) is 0 Å². The number of aromatic nitrogens is 5. The maximum Gasteiger partial charge on any atom is 0.172 e. The van der Waals surface area contributed by atoms with Crippen LogP contribution in [0.5, 0.6) is 0 Å². The molecule has 2 aromatic rings. The zero-order valence-corrected chi connectivity index (χ0v) is 8.16. The third-order valence-corrected chi connectivity index (χ3v) is 1.87. The quantitative estimate of drug-likeness (QED) is 0.658. The maximum absolute atomic E-state index is 11.7. The topological polar surface area (TPSA) is 73.6 Å². The molecule has 0 aliphatic rings. The zero-order valence-electron chi connectivity index (χ0n) is 8.16. The molecular weight excluding hydrogens is 194 g/mol. The molecule has 0 radical (unpaired) electrons. The molecule has 76 valence electrons. The lowest BCUT2D eigenvalue weighted by molar-refractivity contribution is 0.0991. The van der Waals surface area contributed by atoms with Crippen LogP contribution in [0.4, 0.5) is 0 Å². The Morgan fingerprint density at radius 3 is 2.73 bits per heavy atom. The van der Waals surface area contributed by atoms with Gasteiger partial charge in [0.05, 0.1) is 17.7 Å². The van der Waals surface area contributed by atoms with Gasteiger partial charge in [0.2, 0.25) is 0 Å². The van der Waals surface area contributed by atoms with Gasteiger partial charge >= 0.3 is 0 Å². The molecule has 0 saturated carbocycles. The number of rotatable bonds is 3. The van der Waals surface area contributed by atoms with Crippen LogP contribution in [-0.2, 0) is 13.5 Å². The molecule has 2 rings (SSSR count). The minimum Gasteiger partial charge on any atom is -0.294 e. The molecule has 0 N–H and O–H groups in total. The van der Waals surface area contributed by atoms with E-state index in [9.17, 15) is 4.79 Å². The Kier molecular flexibility index (Phi) is 2.49. The number of hydrogen-bond acceptors (Lipinski definition) is 5. The van der Waals surface area contributed by atoms with Crippen molar-refractivity contribution in [2.45, 2.75) is 6.42 Å². The number of carbonyl (C=O) groups excluding carboxylic acids is 1. The van der Waals surface area contributed by atoms with Crippen LogP contribution in [0.15, 0.2) is 24.9 Å². The molecule has 0 amide bonds. The standard InChI is InChI=1S/C9H9N5O/c1-14-5-8(12-13-14)2-9(15)7-3-10-6-11-4-7/h3-6H,2H2,1H3. The lowest BCUT2D eigenvalue weighted by atomic mass is 10.1. The summed E-state index contributed by atoms with van der Waals surface area (Å²) in [5.41, 5.74) is 1.13. The average Bonchev–Trinajstić information content (AvgIpc) is 2.65. The third-order valence-electron chi connectivity index (χ3n) is 1.87. The second-order valence-electron chi connectivity index (χ2n) is 3.11. The minimum atomic E-state index is -0.0592. The summed E-state index contributed by atoms with van der Waals surface area (Å²) in [4.78, 5) is 19.2. The number of Topliss-reactive ketones (excluding diaryl/α,β-unsaturated/α-hetero) is 1. The van der Waals surface area contributed by atoms with Gasteiger partial charge in [0.25, 0.3) is 0 Å². The van der Waals surface area contributed by atoms with Crippen molar-refractivity contribution in [2.24, 2.45) is 7.05 Å². The van der Waals surface area contributed by atoms with Gasteiger partial charge in [0.1, 0.15) is 6.33 Å². The van der Waals surface area contributed by atoms with Gasteiger partial charge in [0.15, 0.2) is 5.78 Å². The molecule has 6 nitrogen and oxygen atoms in total. The second kappa shape index (κ2) is 3.95. The van der Waals surface area contributed by atoms with E-state index in [2.05, 4.69) is 20.3 Å². The Morgan fingerprint density at radius 2 is 2.13 bits per heavy atom. The minimum absolute atomic E-state index is 0.0592. The largest absolute Gasteiger partial charge is 0.294 e. The summed E-state index contributed by atoms with van der Waals surface area (Å²) in [6.45, 7) is 0. The zero-order chi connectivity index (χ0) is 10.7. The van der Waals surface area contributed by atoms with Crippen LogP contribution in [0.1, 0.15) is 16.1 Å². The number of ketones is 1. The maximum atomic E-state index is 11.7. The summed E-state index contributed by atoms with van der Waals surface area (Å²) < 4.78 is 1.56. The average molecular weight is 203 g/mol. The Hall–Kier alpha value is -2.11. The van der Waals surface area contributed by atoms with Crippen molar-refractivity contribution in [3.63, 3.8) is 0 Å². The first-order valence-corrected chi connectivity index (χ1v) is 4.39. The first-order valence-electron chi connectivity index (χ1n) is 4.39. The van der Waals surface area contributed by atoms with Crippen LogP contribution in [0.25, 0.3) is 0 Å². The molecule has 2 aromatic heterocycles. The van der Waals surface area contributed by atoms with Gasteiger partial charge in [-0.15, -0.1) is 5.10 Å². The van der Waals surface area contributed by atoms with E-state index in [-0.39, 0.29) is 12.2 Å². The highest BCUT2D eigenvalue weighted by atomic mass is 16.1. The summed E-state index contributed by atoms with van der Waals surface area (Å²) in [6.07, 6.45) is 6.30. The fourth-order valence-electron chi connectivity index (χ4n) is 1.19. The van der Waals surface area contributed by atoms with Crippen LogP contribution < -0.4 is 0 Å². The van der Waals surface area contributed by atoms with E-state index in [0.29, 0.717) is 11.3 Å². The lowest BCUT2D eigenvalue weighted by Gasteiger charge is -1.95. The molecular formula is C9H9N5O. The van der Waals surface area contributed by atoms with Gasteiger partial charge in [-0.2, -0.15) is 0 Å². The van der Waals surface area contributed by atoms with E-state index in [1.807, 2.05) is 0 Å². The van der Waals surface area contributed by atoms with Gasteiger partial charge < -0.3 is 0 Å². The Labute approximate surface area is 86.0 Å². The Morgan fingerprint density at radius 1 is 1.40 bits per heavy atom. The fraction of sp³-hybridized carbons (Fsp3) is 0.222. The number of aryl methyl sites for hydroxylation is 1. The highest BCUT2D eigenvalue weighted by molar-refractivity contribution is 5.96. The molecule has 0 atom stereocenters. The fourth-order valence-corrected chi connectivity index (χ4v) is 1.19. The summed E-state index contributed by atoms with van der Waals surface area (Å²) in [7, 11) is 1.76. The smallest absolute Gasteiger partial charge is 0.172 e. The van der Waals surface area contributed by atoms with Gasteiger partial charge in [-0.05, 0) is 0 Å². The van der Waals surface area contributed by atoms with Gasteiger partial charge in [-0.3, -0.25) is 9.48 Å². The van der Waals surface area contributed by atoms with Gasteiger partial charge in [-0.25, -0.2) is 9.97 Å². The summed E-state index contributed by atoms with van der Waals surface area (Å²) in [5, 5.41) is 7.58. The normalized spacial score (nSPS) is 10.2. The van der Waals surface area contributed by atoms with E-state index < -0.39 is 0 Å². The molecule has 0 bridgehead atoms. The number of nitrogens with zero attached hydrogens (tertiary/aromatic N) is 5. The SMILES string of the molecule is Cn1cc(CC(=O)c2cncnc2)nn1. The third kappa shape index (κ3) is 2.22. The van der Waals surface area contributed by atoms with Crippen molar-refractivity contribution >= 4 is 5.78 Å². The molecule has 0 unspecified atom stereocenters. The van der Waals surface area contributed by atoms with Crippen LogP contribution in [0, 0.1) is 0 Å². The summed E-state index contributed by atoms with van der Waals surface area (Å²) in [6, 6.07) is 0. The summed E-state index contributed by atoms with van der Waals surface area (Å²) >= 11 is 0. The van der Waals surface area contributed by atoms with Crippen LogP contribution >= 0.6 is 0 Å². The number of hydrogen-bond donors (Lipinski definition) is 0. The first kappa shape index (κ1) is 9.45. The van der Waals surface area contributed by atoms with Crippen LogP contribution in [0.3, 0.4) is 0 Å². The van der Waals surface area contributed by atoms with Gasteiger partial charge in [0, 0.05) is 25.6 Å². The molecule has 0 aromatic carbocycles. The van der Waals surface area contributed by atoms with Crippen molar-refractivity contribution in [3.8, 4) is 0 Å². The van der Waals surface area contributed by atoms with E-state index in [1.54, 1.807) is 17.9 Å². The van der Waals surface area contributed by atoms with E-state index in [1.165, 1.54) is 18.7 Å². The molecule has 0 aliphatic carbocycles. The molecule has 0 spiro atoms. The molecule has 0 saturated heterocycles. The van der Waals surface area contributed by atoms with E-state index in [4.69, 9.17) is 0 Å². The number of carbonyl (C=O) groups is 1. The second-order valence-corrected chi connectivity index (χ2v) is 3.11. The predicted molar refractivity (Wildman–Crippen MR) is 51.1 cm³/mol. The van der Waals surface area contributed by atoms with Gasteiger partial charge in [-0.1, -0.05) is 5.21 Å². The van der Waals surface area contributed by atoms with E-state index >= 15 is 0 Å². The van der Waals surface area contributed by atoms with Crippen molar-refractivity contribution in [1.29, 1.82) is 0 Å². The van der Waals surface area contributed by atoms with Crippen LogP contribution in [-0.4, -0.2) is 30.7 Å². The Bertz CT molecular complexity index is 464. The Balaban J connectivity index is 2.11. The first-order chi connectivity index (χ1) is 7.25. The molecule has 6 heteroatoms. The van der Waals surface area contributed by atoms with Crippen LogP contribution in [0.2, 0.25) is 0 Å². The molecule has 0 aliphatic heterocycles. The van der Waals surface area contributed by atoms with Crippen molar-refractivity contribution in [3.05, 3.63) is 36.2 Å². The lowest BCUT2D eigenvalue weighted by Crippen LogP contribution is -2.04. The molecule has 0 fully saturated rings. The summed E-state index contributed by atoms with van der Waals surface area (Å²) in [5.74, 6) is -0.0592. The monoisotopic (exact) mass is 203 g/mol. The molecule has 15 heavy (non-hydrogen) atoms. The van der Waals surface area contributed by atoms with Crippen molar-refractivity contribution < 1.29 is 4.79 Å². The molecule has 2 heterocycles. The van der Waals surface area contributed by atoms with Crippen molar-refractivity contribution in [1.82, 2.24) is 25.0 Å². The highest BCUT2D eigenvalue weighted by Crippen LogP contribution is 2.01. The predicted octanol–water partition coefficient (Wildman–Crippen LogP) is 0.0305.